The first kappa shape index (κ1) is 20.1. The number of ether oxygens (including phenoxy) is 1. The molecule has 2 aromatic heterocycles. The maximum atomic E-state index is 13.3. The summed E-state index contributed by atoms with van der Waals surface area (Å²) in [4.78, 5) is 25.9. The molecule has 0 aliphatic heterocycles. The highest BCUT2D eigenvalue weighted by atomic mass is 35.5. The van der Waals surface area contributed by atoms with E-state index in [4.69, 9.17) is 16.3 Å². The Kier molecular flexibility index (Phi) is 5.83. The average Bonchev–Trinajstić information content (AvgIpc) is 3.18. The molecule has 0 atom stereocenters. The molecule has 1 N–H and O–H groups in total. The number of esters is 1. The fraction of sp³-hybridized carbons (Fsp3) is 0.136. The maximum Gasteiger partial charge on any atom is 0.359 e. The fourth-order valence-electron chi connectivity index (χ4n) is 3.09. The third-order valence-electron chi connectivity index (χ3n) is 4.47. The second-order valence-corrected chi connectivity index (χ2v) is 7.77. The number of fused-ring (bicyclic) bond motifs is 1. The lowest BCUT2D eigenvalue weighted by Gasteiger charge is -2.10. The third-order valence-corrected chi connectivity index (χ3v) is 5.64. The van der Waals surface area contributed by atoms with Gasteiger partial charge < -0.3 is 10.1 Å². The summed E-state index contributed by atoms with van der Waals surface area (Å²) in [5, 5.41) is 11.4. The molecule has 0 saturated heterocycles. The Hall–Kier alpha value is -3.16. The Morgan fingerprint density at radius 2 is 2.00 bits per heavy atom. The first-order chi connectivity index (χ1) is 14.6. The van der Waals surface area contributed by atoms with Crippen LogP contribution in [0.15, 0.2) is 64.8 Å². The summed E-state index contributed by atoms with van der Waals surface area (Å²) in [6, 6.07) is 16.6. The highest BCUT2D eigenvalue weighted by molar-refractivity contribution is 7.16. The third kappa shape index (κ3) is 3.94. The van der Waals surface area contributed by atoms with Crippen molar-refractivity contribution in [2.24, 2.45) is 0 Å². The molecule has 0 saturated carbocycles. The smallest absolute Gasteiger partial charge is 0.359 e. The number of thiophene rings is 1. The summed E-state index contributed by atoms with van der Waals surface area (Å²) in [6.07, 6.45) is 0. The molecule has 0 aliphatic rings. The number of hydrogen-bond acceptors (Lipinski definition) is 6. The molecule has 4 aromatic rings. The molecular weight excluding hydrogens is 422 g/mol. The summed E-state index contributed by atoms with van der Waals surface area (Å²) in [5.41, 5.74) is 1.31. The standard InChI is InChI=1S/C22H18ClN3O3S/c1-2-29-22(28)19-17-13-30-20(24-12-14-7-4-3-5-8-14)18(17)21(27)26(25-19)16-10-6-9-15(23)11-16/h3-11,13,24H,2,12H2,1H3. The van der Waals surface area contributed by atoms with Crippen LogP contribution in [0.4, 0.5) is 5.00 Å². The summed E-state index contributed by atoms with van der Waals surface area (Å²) < 4.78 is 6.37. The molecule has 152 valence electrons. The average molecular weight is 440 g/mol. The van der Waals surface area contributed by atoms with Crippen molar-refractivity contribution in [3.63, 3.8) is 0 Å². The van der Waals surface area contributed by atoms with Gasteiger partial charge in [-0.25, -0.2) is 4.79 Å². The van der Waals surface area contributed by atoms with Crippen LogP contribution in [0.5, 0.6) is 0 Å². The first-order valence-corrected chi connectivity index (χ1v) is 10.6. The van der Waals surface area contributed by atoms with Crippen LogP contribution >= 0.6 is 22.9 Å². The lowest BCUT2D eigenvalue weighted by atomic mass is 10.2. The van der Waals surface area contributed by atoms with Crippen LogP contribution in [0.25, 0.3) is 16.5 Å². The molecule has 0 unspecified atom stereocenters. The predicted molar refractivity (Wildman–Crippen MR) is 120 cm³/mol. The minimum absolute atomic E-state index is 0.0930. The van der Waals surface area contributed by atoms with Crippen molar-refractivity contribution in [3.05, 3.63) is 86.6 Å². The summed E-state index contributed by atoms with van der Waals surface area (Å²) >= 11 is 7.45. The van der Waals surface area contributed by atoms with E-state index in [1.54, 1.807) is 36.6 Å². The van der Waals surface area contributed by atoms with Gasteiger partial charge >= 0.3 is 5.97 Å². The van der Waals surface area contributed by atoms with Gasteiger partial charge in [-0.05, 0) is 30.7 Å². The number of aromatic nitrogens is 2. The number of halogens is 1. The molecule has 8 heteroatoms. The van der Waals surface area contributed by atoms with Crippen molar-refractivity contribution < 1.29 is 9.53 Å². The number of carbonyl (C=O) groups excluding carboxylic acids is 1. The van der Waals surface area contributed by atoms with Gasteiger partial charge in [0, 0.05) is 22.3 Å². The Bertz CT molecular complexity index is 1270. The number of benzene rings is 2. The SMILES string of the molecule is CCOC(=O)c1nn(-c2cccc(Cl)c2)c(=O)c2c(NCc3ccccc3)scc12. The van der Waals surface area contributed by atoms with Gasteiger partial charge in [0.05, 0.1) is 17.7 Å². The van der Waals surface area contributed by atoms with E-state index in [1.807, 2.05) is 30.3 Å². The quantitative estimate of drug-likeness (QED) is 0.433. The van der Waals surface area contributed by atoms with E-state index in [0.29, 0.717) is 33.0 Å². The lowest BCUT2D eigenvalue weighted by Crippen LogP contribution is -2.25. The van der Waals surface area contributed by atoms with E-state index in [9.17, 15) is 9.59 Å². The molecule has 30 heavy (non-hydrogen) atoms. The molecule has 0 radical (unpaired) electrons. The number of rotatable bonds is 6. The Balaban J connectivity index is 1.86. The van der Waals surface area contributed by atoms with Gasteiger partial charge in [-0.15, -0.1) is 11.3 Å². The van der Waals surface area contributed by atoms with E-state index in [-0.39, 0.29) is 17.9 Å². The number of carbonyl (C=O) groups is 1. The number of hydrogen-bond donors (Lipinski definition) is 1. The van der Waals surface area contributed by atoms with E-state index < -0.39 is 5.97 Å². The van der Waals surface area contributed by atoms with E-state index in [2.05, 4.69) is 10.4 Å². The Morgan fingerprint density at radius 1 is 1.20 bits per heavy atom. The van der Waals surface area contributed by atoms with Crippen LogP contribution in [0.1, 0.15) is 23.0 Å². The fourth-order valence-corrected chi connectivity index (χ4v) is 4.21. The molecule has 4 rings (SSSR count). The minimum atomic E-state index is -0.578. The summed E-state index contributed by atoms with van der Waals surface area (Å²) in [6.45, 7) is 2.48. The molecule has 2 heterocycles. The Morgan fingerprint density at radius 3 is 2.73 bits per heavy atom. The van der Waals surface area contributed by atoms with Crippen LogP contribution in [0.2, 0.25) is 5.02 Å². The van der Waals surface area contributed by atoms with E-state index >= 15 is 0 Å². The van der Waals surface area contributed by atoms with Gasteiger partial charge in [-0.3, -0.25) is 4.79 Å². The zero-order chi connectivity index (χ0) is 21.1. The summed E-state index contributed by atoms with van der Waals surface area (Å²) in [7, 11) is 0. The molecule has 0 spiro atoms. The van der Waals surface area contributed by atoms with Gasteiger partial charge in [-0.1, -0.05) is 48.0 Å². The van der Waals surface area contributed by atoms with Crippen molar-refractivity contribution in [1.29, 1.82) is 0 Å². The molecule has 0 aliphatic carbocycles. The van der Waals surface area contributed by atoms with Gasteiger partial charge in [0.2, 0.25) is 0 Å². The van der Waals surface area contributed by atoms with Crippen LogP contribution < -0.4 is 10.9 Å². The highest BCUT2D eigenvalue weighted by Crippen LogP contribution is 2.31. The summed E-state index contributed by atoms with van der Waals surface area (Å²) in [5.74, 6) is -0.578. The molecule has 0 fully saturated rings. The van der Waals surface area contributed by atoms with E-state index in [1.165, 1.54) is 16.0 Å². The topological polar surface area (TPSA) is 73.2 Å². The molecule has 0 bridgehead atoms. The lowest BCUT2D eigenvalue weighted by molar-refractivity contribution is 0.0520. The maximum absolute atomic E-state index is 13.3. The molecule has 6 nitrogen and oxygen atoms in total. The Labute approximate surface area is 181 Å². The van der Waals surface area contributed by atoms with Crippen molar-refractivity contribution in [3.8, 4) is 5.69 Å². The number of nitrogens with one attached hydrogen (secondary N) is 1. The first-order valence-electron chi connectivity index (χ1n) is 9.34. The monoisotopic (exact) mass is 439 g/mol. The zero-order valence-electron chi connectivity index (χ0n) is 16.1. The number of anilines is 1. The second kappa shape index (κ2) is 8.69. The molecule has 2 aromatic carbocycles. The van der Waals surface area contributed by atoms with Gasteiger partial charge in [0.25, 0.3) is 5.56 Å². The minimum Gasteiger partial charge on any atom is -0.461 e. The number of nitrogens with zero attached hydrogens (tertiary/aromatic N) is 2. The predicted octanol–water partition coefficient (Wildman–Crippen LogP) is 4.89. The zero-order valence-corrected chi connectivity index (χ0v) is 17.7. The van der Waals surface area contributed by atoms with Crippen LogP contribution in [0.3, 0.4) is 0 Å². The van der Waals surface area contributed by atoms with Crippen LogP contribution in [0, 0.1) is 0 Å². The normalized spacial score (nSPS) is 10.9. The van der Waals surface area contributed by atoms with Crippen molar-refractivity contribution in [1.82, 2.24) is 9.78 Å². The van der Waals surface area contributed by atoms with Crippen molar-refractivity contribution in [2.45, 2.75) is 13.5 Å². The van der Waals surface area contributed by atoms with Gasteiger partial charge in [0.1, 0.15) is 5.00 Å². The van der Waals surface area contributed by atoms with Gasteiger partial charge in [-0.2, -0.15) is 9.78 Å². The van der Waals surface area contributed by atoms with Crippen molar-refractivity contribution in [2.75, 3.05) is 11.9 Å². The second-order valence-electron chi connectivity index (χ2n) is 6.46. The highest BCUT2D eigenvalue weighted by Gasteiger charge is 2.22. The van der Waals surface area contributed by atoms with E-state index in [0.717, 1.165) is 5.56 Å². The molecule has 0 amide bonds. The van der Waals surface area contributed by atoms with Crippen LogP contribution in [-0.4, -0.2) is 22.4 Å². The van der Waals surface area contributed by atoms with Crippen LogP contribution in [-0.2, 0) is 11.3 Å². The molecular formula is C22H18ClN3O3S. The largest absolute Gasteiger partial charge is 0.461 e. The van der Waals surface area contributed by atoms with Crippen molar-refractivity contribution >= 4 is 44.7 Å². The van der Waals surface area contributed by atoms with Gasteiger partial charge in [0.15, 0.2) is 5.69 Å².